The summed E-state index contributed by atoms with van der Waals surface area (Å²) in [5.74, 6) is -1.91. The number of nitrogens with zero attached hydrogens (tertiary/aromatic N) is 2. The molecule has 0 radical (unpaired) electrons. The molecule has 4 rings (SSSR count). The summed E-state index contributed by atoms with van der Waals surface area (Å²) in [7, 11) is -1.59. The summed E-state index contributed by atoms with van der Waals surface area (Å²) in [6.45, 7) is 4.15. The molecule has 2 aromatic carbocycles. The Kier molecular flexibility index (Phi) is 6.51. The zero-order valence-corrected chi connectivity index (χ0v) is 18.1. The number of halogens is 3. The molecule has 0 fully saturated rings. The van der Waals surface area contributed by atoms with E-state index in [1.54, 1.807) is 30.5 Å². The van der Waals surface area contributed by atoms with Crippen molar-refractivity contribution in [1.82, 2.24) is 8.87 Å². The summed E-state index contributed by atoms with van der Waals surface area (Å²) in [6.07, 6.45) is -3.44. The second-order valence-electron chi connectivity index (χ2n) is 7.25. The topological polar surface area (TPSA) is 88.8 Å². The summed E-state index contributed by atoms with van der Waals surface area (Å²) in [6, 6.07) is 12.4. The number of carbonyl (C=O) groups is 1. The molecule has 172 valence electrons. The van der Waals surface area contributed by atoms with Crippen molar-refractivity contribution in [3.05, 3.63) is 59.8 Å². The van der Waals surface area contributed by atoms with E-state index in [-0.39, 0.29) is 4.90 Å². The van der Waals surface area contributed by atoms with E-state index in [0.29, 0.717) is 6.61 Å². The van der Waals surface area contributed by atoms with E-state index in [2.05, 4.69) is 4.90 Å². The molecule has 0 spiro atoms. The van der Waals surface area contributed by atoms with Crippen molar-refractivity contribution >= 4 is 26.9 Å². The minimum Gasteiger partial charge on any atom is -0.492 e. The maximum absolute atomic E-state index is 13.1. The average molecular weight is 470 g/mol. The monoisotopic (exact) mass is 470 g/mol. The number of fused-ring (bicyclic) bond motifs is 3. The maximum atomic E-state index is 13.1. The Balaban J connectivity index is 0.000000360. The van der Waals surface area contributed by atoms with Gasteiger partial charge in [-0.3, -0.25) is 4.90 Å². The molecule has 0 amide bonds. The molecule has 0 unspecified atom stereocenters. The van der Waals surface area contributed by atoms with E-state index in [1.807, 2.05) is 32.2 Å². The Morgan fingerprint density at radius 2 is 1.78 bits per heavy atom. The van der Waals surface area contributed by atoms with Crippen LogP contribution in [0.4, 0.5) is 13.2 Å². The van der Waals surface area contributed by atoms with Crippen LogP contribution in [-0.2, 0) is 21.4 Å². The van der Waals surface area contributed by atoms with Crippen LogP contribution in [0.1, 0.15) is 11.1 Å². The molecule has 32 heavy (non-hydrogen) atoms. The SMILES string of the molecule is Cc1cc2c(c3ccn(S(=O)(=O)c4ccccc4)c13)CN(C)CCO2.O=C(O)C(F)(F)F. The summed E-state index contributed by atoms with van der Waals surface area (Å²) in [5, 5.41) is 8.06. The fourth-order valence-corrected chi connectivity index (χ4v) is 4.82. The molecule has 1 aliphatic rings. The van der Waals surface area contributed by atoms with Gasteiger partial charge in [-0.25, -0.2) is 17.2 Å². The van der Waals surface area contributed by atoms with Crippen molar-refractivity contribution in [3.8, 4) is 5.75 Å². The lowest BCUT2D eigenvalue weighted by Gasteiger charge is -2.15. The van der Waals surface area contributed by atoms with Gasteiger partial charge in [-0.2, -0.15) is 13.2 Å². The number of hydrogen-bond donors (Lipinski definition) is 1. The van der Waals surface area contributed by atoms with Gasteiger partial charge in [-0.05, 0) is 43.8 Å². The first-order valence-electron chi connectivity index (χ1n) is 9.48. The van der Waals surface area contributed by atoms with Gasteiger partial charge in [0.15, 0.2) is 0 Å². The third-order valence-corrected chi connectivity index (χ3v) is 6.59. The van der Waals surface area contributed by atoms with E-state index in [4.69, 9.17) is 14.6 Å². The zero-order chi connectivity index (χ0) is 23.7. The van der Waals surface area contributed by atoms with E-state index in [0.717, 1.165) is 40.9 Å². The molecule has 0 aliphatic carbocycles. The maximum Gasteiger partial charge on any atom is 0.490 e. The number of rotatable bonds is 2. The Labute approximate surface area is 182 Å². The van der Waals surface area contributed by atoms with Gasteiger partial charge in [0.05, 0.1) is 10.4 Å². The number of hydrogen-bond acceptors (Lipinski definition) is 5. The highest BCUT2D eigenvalue weighted by atomic mass is 32.2. The van der Waals surface area contributed by atoms with Gasteiger partial charge in [0.25, 0.3) is 10.0 Å². The van der Waals surface area contributed by atoms with E-state index in [9.17, 15) is 21.6 Å². The molecule has 7 nitrogen and oxygen atoms in total. The van der Waals surface area contributed by atoms with Crippen LogP contribution in [0.3, 0.4) is 0 Å². The molecular weight excluding hydrogens is 449 g/mol. The molecule has 2 heterocycles. The number of aliphatic carboxylic acids is 1. The molecule has 0 atom stereocenters. The van der Waals surface area contributed by atoms with E-state index >= 15 is 0 Å². The molecule has 1 N–H and O–H groups in total. The highest BCUT2D eigenvalue weighted by Crippen LogP contribution is 2.35. The van der Waals surface area contributed by atoms with E-state index in [1.165, 1.54) is 3.97 Å². The van der Waals surface area contributed by atoms with Crippen molar-refractivity contribution < 1.29 is 36.2 Å². The van der Waals surface area contributed by atoms with Crippen LogP contribution in [0.25, 0.3) is 10.9 Å². The average Bonchev–Trinajstić information content (AvgIpc) is 3.10. The van der Waals surface area contributed by atoms with Crippen molar-refractivity contribution in [3.63, 3.8) is 0 Å². The normalized spacial score (nSPS) is 14.7. The van der Waals surface area contributed by atoms with Crippen molar-refractivity contribution in [2.75, 3.05) is 20.2 Å². The number of ether oxygens (including phenoxy) is 1. The Morgan fingerprint density at radius 3 is 2.38 bits per heavy atom. The van der Waals surface area contributed by atoms with Gasteiger partial charge >= 0.3 is 12.1 Å². The summed E-state index contributed by atoms with van der Waals surface area (Å²) >= 11 is 0. The van der Waals surface area contributed by atoms with Gasteiger partial charge in [0, 0.05) is 30.2 Å². The largest absolute Gasteiger partial charge is 0.492 e. The highest BCUT2D eigenvalue weighted by molar-refractivity contribution is 7.90. The third-order valence-electron chi connectivity index (χ3n) is 4.90. The van der Waals surface area contributed by atoms with E-state index < -0.39 is 22.2 Å². The van der Waals surface area contributed by atoms with Crippen molar-refractivity contribution in [2.24, 2.45) is 0 Å². The number of benzene rings is 2. The molecular formula is C21H21F3N2O5S. The fraction of sp³-hybridized carbons (Fsp3) is 0.286. The number of carboxylic acids is 1. The molecule has 1 aromatic heterocycles. The first kappa shape index (κ1) is 23.6. The highest BCUT2D eigenvalue weighted by Gasteiger charge is 2.38. The zero-order valence-electron chi connectivity index (χ0n) is 17.3. The van der Waals surface area contributed by atoms with Gasteiger partial charge in [-0.15, -0.1) is 0 Å². The first-order valence-corrected chi connectivity index (χ1v) is 10.9. The third kappa shape index (κ3) is 4.73. The molecule has 0 saturated heterocycles. The second kappa shape index (κ2) is 8.83. The molecule has 0 saturated carbocycles. The number of aryl methyl sites for hydroxylation is 1. The number of aromatic nitrogens is 1. The Hall–Kier alpha value is -3.05. The van der Waals surface area contributed by atoms with Gasteiger partial charge in [-0.1, -0.05) is 18.2 Å². The first-order chi connectivity index (χ1) is 14.9. The van der Waals surface area contributed by atoms with Crippen LogP contribution in [-0.4, -0.2) is 54.7 Å². The fourth-order valence-electron chi connectivity index (χ4n) is 3.39. The van der Waals surface area contributed by atoms with Crippen LogP contribution in [0.15, 0.2) is 53.6 Å². The summed E-state index contributed by atoms with van der Waals surface area (Å²) in [5.41, 5.74) is 2.66. The summed E-state index contributed by atoms with van der Waals surface area (Å²) in [4.78, 5) is 11.4. The lowest BCUT2D eigenvalue weighted by atomic mass is 10.0. The second-order valence-corrected chi connectivity index (χ2v) is 9.07. The minimum absolute atomic E-state index is 0.287. The Morgan fingerprint density at radius 1 is 1.16 bits per heavy atom. The van der Waals surface area contributed by atoms with Crippen LogP contribution in [0, 0.1) is 6.92 Å². The molecule has 11 heteroatoms. The number of likely N-dealkylation sites (N-methyl/N-ethyl adjacent to an activating group) is 1. The number of alkyl halides is 3. The summed E-state index contributed by atoms with van der Waals surface area (Å²) < 4.78 is 65.2. The lowest BCUT2D eigenvalue weighted by molar-refractivity contribution is -0.192. The quantitative estimate of drug-likeness (QED) is 0.615. The van der Waals surface area contributed by atoms with Crippen LogP contribution < -0.4 is 4.74 Å². The van der Waals surface area contributed by atoms with Gasteiger partial charge < -0.3 is 9.84 Å². The molecule has 3 aromatic rings. The number of carboxylic acid groups (broad SMARTS) is 1. The van der Waals surface area contributed by atoms with Gasteiger partial charge in [0.1, 0.15) is 12.4 Å². The predicted molar refractivity (Wildman–Crippen MR) is 111 cm³/mol. The van der Waals surface area contributed by atoms with Crippen LogP contribution in [0.5, 0.6) is 5.75 Å². The minimum atomic E-state index is -5.08. The van der Waals surface area contributed by atoms with Gasteiger partial charge in [0.2, 0.25) is 0 Å². The molecule has 1 aliphatic heterocycles. The van der Waals surface area contributed by atoms with Crippen molar-refractivity contribution in [1.29, 1.82) is 0 Å². The van der Waals surface area contributed by atoms with Crippen LogP contribution >= 0.6 is 0 Å². The lowest BCUT2D eigenvalue weighted by Crippen LogP contribution is -2.21. The Bertz CT molecular complexity index is 1240. The smallest absolute Gasteiger partial charge is 0.490 e. The predicted octanol–water partition coefficient (Wildman–Crippen LogP) is 3.64. The van der Waals surface area contributed by atoms with Crippen molar-refractivity contribution in [2.45, 2.75) is 24.5 Å². The standard InChI is InChI=1S/C19H20N2O3S.C2HF3O2/c1-14-12-18-17(13-20(2)10-11-24-18)16-8-9-21(19(14)16)25(22,23)15-6-4-3-5-7-15;3-2(4,5)1(6)7/h3-9,12H,10-11,13H2,1-2H3;(H,6,7). The van der Waals surface area contributed by atoms with Crippen LogP contribution in [0.2, 0.25) is 0 Å². The molecule has 0 bridgehead atoms.